The molecular weight excluding hydrogens is 328 g/mol. The average molecular weight is 353 g/mol. The highest BCUT2D eigenvalue weighted by Gasteiger charge is 2.25. The molecule has 0 aromatic heterocycles. The van der Waals surface area contributed by atoms with Gasteiger partial charge in [-0.2, -0.15) is 0 Å². The summed E-state index contributed by atoms with van der Waals surface area (Å²) in [6.07, 6.45) is 1.09. The molecule has 0 radical (unpaired) electrons. The van der Waals surface area contributed by atoms with Crippen molar-refractivity contribution >= 4 is 23.4 Å². The Labute approximate surface area is 148 Å². The van der Waals surface area contributed by atoms with E-state index in [4.69, 9.17) is 11.6 Å². The maximum atomic E-state index is 12.0. The standard InChI is InChI=1S/C17H25ClN4O2/c1-21(2)13-7-10-22(11-13)12-16(23)19-8-9-20-17(24)14-5-3-4-6-15(14)18/h3-6,13H,7-12H2,1-2H3,(H,19,23)(H,20,24). The molecule has 2 amide bonds. The summed E-state index contributed by atoms with van der Waals surface area (Å²) in [5.74, 6) is -0.246. The van der Waals surface area contributed by atoms with E-state index in [1.165, 1.54) is 0 Å². The number of benzene rings is 1. The highest BCUT2D eigenvalue weighted by Crippen LogP contribution is 2.14. The largest absolute Gasteiger partial charge is 0.353 e. The number of rotatable bonds is 7. The lowest BCUT2D eigenvalue weighted by Crippen LogP contribution is -2.41. The van der Waals surface area contributed by atoms with Crippen LogP contribution in [-0.2, 0) is 4.79 Å². The van der Waals surface area contributed by atoms with Gasteiger partial charge in [-0.15, -0.1) is 0 Å². The van der Waals surface area contributed by atoms with Crippen LogP contribution >= 0.6 is 11.6 Å². The number of halogens is 1. The normalized spacial score (nSPS) is 17.9. The van der Waals surface area contributed by atoms with Crippen molar-refractivity contribution in [3.63, 3.8) is 0 Å². The topological polar surface area (TPSA) is 64.7 Å². The molecule has 6 nitrogen and oxygen atoms in total. The maximum absolute atomic E-state index is 12.0. The molecule has 1 saturated heterocycles. The third-order valence-corrected chi connectivity index (χ3v) is 4.53. The van der Waals surface area contributed by atoms with E-state index in [0.717, 1.165) is 19.5 Å². The zero-order valence-corrected chi connectivity index (χ0v) is 15.0. The van der Waals surface area contributed by atoms with Gasteiger partial charge < -0.3 is 15.5 Å². The van der Waals surface area contributed by atoms with Gasteiger partial charge in [0.2, 0.25) is 5.91 Å². The molecule has 2 N–H and O–H groups in total. The van der Waals surface area contributed by atoms with Crippen LogP contribution in [0.25, 0.3) is 0 Å². The molecule has 0 spiro atoms. The molecule has 24 heavy (non-hydrogen) atoms. The lowest BCUT2D eigenvalue weighted by molar-refractivity contribution is -0.122. The minimum atomic E-state index is -0.233. The van der Waals surface area contributed by atoms with Gasteiger partial charge in [-0.3, -0.25) is 14.5 Å². The van der Waals surface area contributed by atoms with E-state index in [-0.39, 0.29) is 11.8 Å². The third kappa shape index (κ3) is 5.47. The van der Waals surface area contributed by atoms with E-state index in [1.54, 1.807) is 24.3 Å². The minimum Gasteiger partial charge on any atom is -0.353 e. The Balaban J connectivity index is 1.63. The van der Waals surface area contributed by atoms with Crippen LogP contribution in [0.2, 0.25) is 5.02 Å². The molecule has 1 aliphatic rings. The molecular formula is C17H25ClN4O2. The second-order valence-corrected chi connectivity index (χ2v) is 6.63. The first kappa shape index (κ1) is 18.7. The van der Waals surface area contributed by atoms with Gasteiger partial charge >= 0.3 is 0 Å². The first-order valence-corrected chi connectivity index (χ1v) is 8.53. The monoisotopic (exact) mass is 352 g/mol. The van der Waals surface area contributed by atoms with Crippen LogP contribution in [0.5, 0.6) is 0 Å². The summed E-state index contributed by atoms with van der Waals surface area (Å²) in [5.41, 5.74) is 0.442. The molecule has 1 fully saturated rings. The lowest BCUT2D eigenvalue weighted by atomic mass is 10.2. The van der Waals surface area contributed by atoms with Crippen LogP contribution in [0.1, 0.15) is 16.8 Å². The van der Waals surface area contributed by atoms with Crippen LogP contribution in [0, 0.1) is 0 Å². The predicted octanol–water partition coefficient (Wildman–Crippen LogP) is 0.822. The molecule has 1 aromatic carbocycles. The molecule has 7 heteroatoms. The van der Waals surface area contributed by atoms with Crippen LogP contribution in [-0.4, -0.2) is 74.5 Å². The molecule has 1 unspecified atom stereocenters. The Bertz CT molecular complexity index is 579. The molecule has 2 rings (SSSR count). The maximum Gasteiger partial charge on any atom is 0.252 e. The molecule has 0 aliphatic carbocycles. The Morgan fingerprint density at radius 3 is 2.62 bits per heavy atom. The Hall–Kier alpha value is -1.63. The molecule has 0 bridgehead atoms. The Morgan fingerprint density at radius 2 is 1.96 bits per heavy atom. The summed E-state index contributed by atoms with van der Waals surface area (Å²) in [4.78, 5) is 28.3. The summed E-state index contributed by atoms with van der Waals surface area (Å²) in [6.45, 7) is 3.04. The van der Waals surface area contributed by atoms with E-state index in [1.807, 2.05) is 0 Å². The molecule has 1 aromatic rings. The quantitative estimate of drug-likeness (QED) is 0.713. The molecule has 1 heterocycles. The first-order valence-electron chi connectivity index (χ1n) is 8.15. The number of carbonyl (C=O) groups is 2. The number of nitrogens with zero attached hydrogens (tertiary/aromatic N) is 2. The van der Waals surface area contributed by atoms with E-state index < -0.39 is 0 Å². The fourth-order valence-electron chi connectivity index (χ4n) is 2.75. The number of likely N-dealkylation sites (tertiary alicyclic amines) is 1. The van der Waals surface area contributed by atoms with Crippen molar-refractivity contribution in [2.24, 2.45) is 0 Å². The van der Waals surface area contributed by atoms with Crippen molar-refractivity contribution in [3.8, 4) is 0 Å². The fraction of sp³-hybridized carbons (Fsp3) is 0.529. The van der Waals surface area contributed by atoms with E-state index in [0.29, 0.717) is 36.3 Å². The van der Waals surface area contributed by atoms with E-state index in [9.17, 15) is 9.59 Å². The first-order chi connectivity index (χ1) is 11.5. The van der Waals surface area contributed by atoms with E-state index >= 15 is 0 Å². The van der Waals surface area contributed by atoms with Crippen LogP contribution in [0.3, 0.4) is 0 Å². The predicted molar refractivity (Wildman–Crippen MR) is 95.3 cm³/mol. The highest BCUT2D eigenvalue weighted by atomic mass is 35.5. The number of amides is 2. The number of likely N-dealkylation sites (N-methyl/N-ethyl adjacent to an activating group) is 1. The van der Waals surface area contributed by atoms with Crippen molar-refractivity contribution in [1.29, 1.82) is 0 Å². The fourth-order valence-corrected chi connectivity index (χ4v) is 2.98. The number of hydrogen-bond acceptors (Lipinski definition) is 4. The summed E-state index contributed by atoms with van der Waals surface area (Å²) >= 11 is 5.97. The van der Waals surface area contributed by atoms with Crippen LogP contribution in [0.15, 0.2) is 24.3 Å². The van der Waals surface area contributed by atoms with Crippen LogP contribution in [0.4, 0.5) is 0 Å². The summed E-state index contributed by atoms with van der Waals surface area (Å²) in [7, 11) is 4.13. The second-order valence-electron chi connectivity index (χ2n) is 6.23. The Morgan fingerprint density at radius 1 is 1.25 bits per heavy atom. The van der Waals surface area contributed by atoms with Crippen LogP contribution < -0.4 is 10.6 Å². The highest BCUT2D eigenvalue weighted by molar-refractivity contribution is 6.33. The molecule has 1 atom stereocenters. The summed E-state index contributed by atoms with van der Waals surface area (Å²) in [6, 6.07) is 7.41. The number of hydrogen-bond donors (Lipinski definition) is 2. The van der Waals surface area contributed by atoms with Gasteiger partial charge in [0, 0.05) is 32.2 Å². The summed E-state index contributed by atoms with van der Waals surface area (Å²) in [5, 5.41) is 6.01. The van der Waals surface area contributed by atoms with Gasteiger partial charge in [-0.1, -0.05) is 23.7 Å². The smallest absolute Gasteiger partial charge is 0.252 e. The van der Waals surface area contributed by atoms with Crippen molar-refractivity contribution in [3.05, 3.63) is 34.9 Å². The van der Waals surface area contributed by atoms with Gasteiger partial charge in [-0.25, -0.2) is 0 Å². The number of nitrogens with one attached hydrogen (secondary N) is 2. The summed E-state index contributed by atoms with van der Waals surface area (Å²) < 4.78 is 0. The molecule has 132 valence electrons. The SMILES string of the molecule is CN(C)C1CCN(CC(=O)NCCNC(=O)c2ccccc2Cl)C1. The van der Waals surface area contributed by atoms with Crippen molar-refractivity contribution in [2.75, 3.05) is 46.8 Å². The van der Waals surface area contributed by atoms with Gasteiger partial charge in [0.1, 0.15) is 0 Å². The lowest BCUT2D eigenvalue weighted by Gasteiger charge is -2.20. The van der Waals surface area contributed by atoms with E-state index in [2.05, 4.69) is 34.5 Å². The second kappa shape index (κ2) is 9.01. The third-order valence-electron chi connectivity index (χ3n) is 4.20. The minimum absolute atomic E-state index is 0.0126. The van der Waals surface area contributed by atoms with Gasteiger partial charge in [0.15, 0.2) is 0 Å². The van der Waals surface area contributed by atoms with Gasteiger partial charge in [-0.05, 0) is 32.6 Å². The zero-order valence-electron chi connectivity index (χ0n) is 14.2. The molecule has 0 saturated carbocycles. The number of carbonyl (C=O) groups excluding carboxylic acids is 2. The average Bonchev–Trinajstić information content (AvgIpc) is 3.00. The zero-order chi connectivity index (χ0) is 17.5. The van der Waals surface area contributed by atoms with Crippen molar-refractivity contribution in [2.45, 2.75) is 12.5 Å². The van der Waals surface area contributed by atoms with Crippen molar-refractivity contribution in [1.82, 2.24) is 20.4 Å². The molecule has 1 aliphatic heterocycles. The van der Waals surface area contributed by atoms with Crippen molar-refractivity contribution < 1.29 is 9.59 Å². The van der Waals surface area contributed by atoms with Gasteiger partial charge in [0.05, 0.1) is 17.1 Å². The van der Waals surface area contributed by atoms with Gasteiger partial charge in [0.25, 0.3) is 5.91 Å². The Kier molecular flexibility index (Phi) is 7.02.